The third-order valence-corrected chi connectivity index (χ3v) is 2.87. The zero-order chi connectivity index (χ0) is 13.0. The molecule has 0 aromatic heterocycles. The minimum Gasteiger partial charge on any atom is -0.323 e. The molecule has 0 aliphatic rings. The maximum Gasteiger partial charge on any atom is 0.241 e. The topological polar surface area (TPSA) is 78.9 Å². The lowest BCUT2D eigenvalue weighted by molar-refractivity contribution is -0.118. The van der Waals surface area contributed by atoms with Crippen LogP contribution in [-0.4, -0.2) is 11.9 Å². The van der Waals surface area contributed by atoms with Crippen molar-refractivity contribution in [1.82, 2.24) is 0 Å². The molecule has 0 fully saturated rings. The predicted octanol–water partition coefficient (Wildman–Crippen LogP) is 2.24. The number of amides is 1. The Hall–Kier alpha value is -1.38. The molecule has 0 saturated heterocycles. The first-order valence-electron chi connectivity index (χ1n) is 5.21. The van der Waals surface area contributed by atoms with Crippen LogP contribution < -0.4 is 11.1 Å². The van der Waals surface area contributed by atoms with Crippen LogP contribution in [0.5, 0.6) is 0 Å². The normalized spacial score (nSPS) is 12.0. The standard InChI is InChI=1S/C12H14BrN3O/c1-7(2)11(15)12(17)16-10-5-9(13)4-3-8(10)6-14/h3-5,7,11H,15H2,1-2H3,(H,16,17)/t11-/m1/s1. The number of anilines is 1. The molecule has 17 heavy (non-hydrogen) atoms. The van der Waals surface area contributed by atoms with Crippen molar-refractivity contribution >= 4 is 27.5 Å². The monoisotopic (exact) mass is 295 g/mol. The van der Waals surface area contributed by atoms with Gasteiger partial charge in [-0.25, -0.2) is 0 Å². The number of rotatable bonds is 3. The second-order valence-corrected chi connectivity index (χ2v) is 4.98. The van der Waals surface area contributed by atoms with Gasteiger partial charge < -0.3 is 11.1 Å². The molecule has 0 bridgehead atoms. The van der Waals surface area contributed by atoms with Crippen LogP contribution in [0.15, 0.2) is 22.7 Å². The molecule has 0 radical (unpaired) electrons. The van der Waals surface area contributed by atoms with E-state index >= 15 is 0 Å². The molecule has 1 amide bonds. The first kappa shape index (κ1) is 13.7. The van der Waals surface area contributed by atoms with Crippen LogP contribution in [0.25, 0.3) is 0 Å². The van der Waals surface area contributed by atoms with Crippen molar-refractivity contribution in [3.63, 3.8) is 0 Å². The summed E-state index contributed by atoms with van der Waals surface area (Å²) >= 11 is 3.29. The van der Waals surface area contributed by atoms with E-state index in [2.05, 4.69) is 21.2 Å². The second kappa shape index (κ2) is 5.80. The summed E-state index contributed by atoms with van der Waals surface area (Å²) in [6.45, 7) is 3.74. The van der Waals surface area contributed by atoms with Gasteiger partial charge in [-0.3, -0.25) is 4.79 Å². The van der Waals surface area contributed by atoms with Gasteiger partial charge in [-0.2, -0.15) is 5.26 Å². The number of carbonyl (C=O) groups excluding carboxylic acids is 1. The van der Waals surface area contributed by atoms with E-state index in [1.807, 2.05) is 19.9 Å². The van der Waals surface area contributed by atoms with Crippen molar-refractivity contribution in [2.75, 3.05) is 5.32 Å². The predicted molar refractivity (Wildman–Crippen MR) is 70.3 cm³/mol. The molecule has 5 heteroatoms. The highest BCUT2D eigenvalue weighted by atomic mass is 79.9. The number of hydrogen-bond acceptors (Lipinski definition) is 3. The van der Waals surface area contributed by atoms with Gasteiger partial charge in [0, 0.05) is 4.47 Å². The number of halogens is 1. The molecule has 4 nitrogen and oxygen atoms in total. The third-order valence-electron chi connectivity index (χ3n) is 2.38. The number of nitriles is 1. The summed E-state index contributed by atoms with van der Waals surface area (Å²) in [7, 11) is 0. The largest absolute Gasteiger partial charge is 0.323 e. The molecule has 1 aromatic carbocycles. The summed E-state index contributed by atoms with van der Waals surface area (Å²) in [4.78, 5) is 11.8. The van der Waals surface area contributed by atoms with Crippen LogP contribution in [0.2, 0.25) is 0 Å². The first-order valence-corrected chi connectivity index (χ1v) is 6.01. The Morgan fingerprint density at radius 1 is 1.53 bits per heavy atom. The average Bonchev–Trinajstić information content (AvgIpc) is 2.28. The van der Waals surface area contributed by atoms with E-state index in [-0.39, 0.29) is 11.8 Å². The first-order chi connectivity index (χ1) is 7.95. The molecule has 3 N–H and O–H groups in total. The maximum absolute atomic E-state index is 11.8. The average molecular weight is 296 g/mol. The fourth-order valence-corrected chi connectivity index (χ4v) is 1.60. The molecule has 90 valence electrons. The summed E-state index contributed by atoms with van der Waals surface area (Å²) in [5, 5.41) is 11.6. The van der Waals surface area contributed by atoms with Gasteiger partial charge in [0.15, 0.2) is 0 Å². The summed E-state index contributed by atoms with van der Waals surface area (Å²) in [5.41, 5.74) is 6.62. The quantitative estimate of drug-likeness (QED) is 0.897. The second-order valence-electron chi connectivity index (χ2n) is 4.06. The van der Waals surface area contributed by atoms with Gasteiger partial charge in [-0.05, 0) is 24.1 Å². The van der Waals surface area contributed by atoms with Crippen LogP contribution >= 0.6 is 15.9 Å². The Labute approximate surface area is 109 Å². The SMILES string of the molecule is CC(C)[C@@H](N)C(=O)Nc1cc(Br)ccc1C#N. The minimum absolute atomic E-state index is 0.0488. The van der Waals surface area contributed by atoms with Gasteiger partial charge >= 0.3 is 0 Å². The van der Waals surface area contributed by atoms with Crippen molar-refractivity contribution in [3.05, 3.63) is 28.2 Å². The number of nitrogens with zero attached hydrogens (tertiary/aromatic N) is 1. The minimum atomic E-state index is -0.583. The van der Waals surface area contributed by atoms with E-state index < -0.39 is 6.04 Å². The molecule has 0 heterocycles. The molecule has 0 saturated carbocycles. The van der Waals surface area contributed by atoms with Crippen LogP contribution in [0.1, 0.15) is 19.4 Å². The number of benzene rings is 1. The summed E-state index contributed by atoms with van der Waals surface area (Å²) in [5.74, 6) is -0.234. The zero-order valence-electron chi connectivity index (χ0n) is 9.70. The van der Waals surface area contributed by atoms with Crippen LogP contribution in [0.4, 0.5) is 5.69 Å². The highest BCUT2D eigenvalue weighted by Gasteiger charge is 2.18. The highest BCUT2D eigenvalue weighted by molar-refractivity contribution is 9.10. The smallest absolute Gasteiger partial charge is 0.241 e. The van der Waals surface area contributed by atoms with Crippen molar-refractivity contribution in [2.45, 2.75) is 19.9 Å². The molecule has 0 unspecified atom stereocenters. The number of nitrogens with two attached hydrogens (primary N) is 1. The van der Waals surface area contributed by atoms with Gasteiger partial charge in [0.05, 0.1) is 17.3 Å². The lowest BCUT2D eigenvalue weighted by Gasteiger charge is -2.16. The van der Waals surface area contributed by atoms with Gasteiger partial charge in [-0.1, -0.05) is 29.8 Å². The Kier molecular flexibility index (Phi) is 4.67. The van der Waals surface area contributed by atoms with Crippen LogP contribution in [0.3, 0.4) is 0 Å². The molecular formula is C12H14BrN3O. The Bertz CT molecular complexity index is 465. The van der Waals surface area contributed by atoms with Crippen LogP contribution in [0, 0.1) is 17.2 Å². The molecule has 0 spiro atoms. The molecular weight excluding hydrogens is 282 g/mol. The van der Waals surface area contributed by atoms with Gasteiger partial charge in [0.1, 0.15) is 6.07 Å². The van der Waals surface area contributed by atoms with Crippen molar-refractivity contribution < 1.29 is 4.79 Å². The molecule has 0 aliphatic heterocycles. The third kappa shape index (κ3) is 3.55. The van der Waals surface area contributed by atoms with E-state index in [0.29, 0.717) is 11.3 Å². The Balaban J connectivity index is 2.92. The van der Waals surface area contributed by atoms with Crippen molar-refractivity contribution in [2.24, 2.45) is 11.7 Å². The summed E-state index contributed by atoms with van der Waals surface area (Å²) in [6, 6.07) is 6.51. The van der Waals surface area contributed by atoms with E-state index in [1.165, 1.54) is 0 Å². The fraction of sp³-hybridized carbons (Fsp3) is 0.333. The van der Waals surface area contributed by atoms with E-state index in [4.69, 9.17) is 11.0 Å². The summed E-state index contributed by atoms with van der Waals surface area (Å²) in [6.07, 6.45) is 0. The van der Waals surface area contributed by atoms with Crippen molar-refractivity contribution in [1.29, 1.82) is 5.26 Å². The molecule has 1 aromatic rings. The maximum atomic E-state index is 11.8. The number of nitrogens with one attached hydrogen (secondary N) is 1. The highest BCUT2D eigenvalue weighted by Crippen LogP contribution is 2.21. The lowest BCUT2D eigenvalue weighted by atomic mass is 10.0. The number of hydrogen-bond donors (Lipinski definition) is 2. The fourth-order valence-electron chi connectivity index (χ4n) is 1.24. The van der Waals surface area contributed by atoms with Gasteiger partial charge in [0.2, 0.25) is 5.91 Å². The Morgan fingerprint density at radius 3 is 2.71 bits per heavy atom. The van der Waals surface area contributed by atoms with E-state index in [0.717, 1.165) is 4.47 Å². The van der Waals surface area contributed by atoms with Gasteiger partial charge in [0.25, 0.3) is 0 Å². The van der Waals surface area contributed by atoms with E-state index in [1.54, 1.807) is 18.2 Å². The molecule has 1 atom stereocenters. The zero-order valence-corrected chi connectivity index (χ0v) is 11.3. The molecule has 0 aliphatic carbocycles. The molecule has 1 rings (SSSR count). The lowest BCUT2D eigenvalue weighted by Crippen LogP contribution is -2.39. The van der Waals surface area contributed by atoms with Crippen LogP contribution in [-0.2, 0) is 4.79 Å². The summed E-state index contributed by atoms with van der Waals surface area (Å²) < 4.78 is 0.796. The van der Waals surface area contributed by atoms with Gasteiger partial charge in [-0.15, -0.1) is 0 Å². The number of carbonyl (C=O) groups is 1. The Morgan fingerprint density at radius 2 is 2.18 bits per heavy atom. The van der Waals surface area contributed by atoms with E-state index in [9.17, 15) is 4.79 Å². The van der Waals surface area contributed by atoms with Crippen molar-refractivity contribution in [3.8, 4) is 6.07 Å².